The lowest BCUT2D eigenvalue weighted by molar-refractivity contribution is 0.367. The Hall–Kier alpha value is -0.0800. The fraction of sp³-hybridized carbons (Fsp3) is 1.00. The van der Waals surface area contributed by atoms with Crippen molar-refractivity contribution >= 4 is 0 Å². The Morgan fingerprint density at radius 1 is 1.00 bits per heavy atom. The lowest BCUT2D eigenvalue weighted by Crippen LogP contribution is -2.27. The summed E-state index contributed by atoms with van der Waals surface area (Å²) in [6, 6.07) is 0. The van der Waals surface area contributed by atoms with Crippen molar-refractivity contribution in [3.8, 4) is 0 Å². The molecule has 0 aromatic rings. The van der Waals surface area contributed by atoms with Gasteiger partial charge in [-0.1, -0.05) is 20.8 Å². The molecule has 0 aliphatic rings. The van der Waals surface area contributed by atoms with Gasteiger partial charge in [-0.15, -0.1) is 0 Å². The van der Waals surface area contributed by atoms with E-state index >= 15 is 0 Å². The molecule has 0 bridgehead atoms. The van der Waals surface area contributed by atoms with E-state index in [9.17, 15) is 0 Å². The first-order valence-corrected chi connectivity index (χ1v) is 4.41. The molecule has 68 valence electrons. The van der Waals surface area contributed by atoms with E-state index in [0.717, 1.165) is 19.6 Å². The molecule has 0 aromatic carbocycles. The summed E-state index contributed by atoms with van der Waals surface area (Å²) in [4.78, 5) is 0. The maximum atomic E-state index is 3.38. The molecule has 0 radical (unpaired) electrons. The second-order valence-corrected chi connectivity index (χ2v) is 4.16. The molecule has 2 heteroatoms. The highest BCUT2D eigenvalue weighted by molar-refractivity contribution is 4.63. The van der Waals surface area contributed by atoms with Gasteiger partial charge in [-0.2, -0.15) is 0 Å². The van der Waals surface area contributed by atoms with Crippen LogP contribution in [0.1, 0.15) is 27.2 Å². The lowest BCUT2D eigenvalue weighted by atomic mass is 9.92. The number of hydrogen-bond acceptors (Lipinski definition) is 2. The van der Waals surface area contributed by atoms with E-state index in [0.29, 0.717) is 5.41 Å². The fourth-order valence-electron chi connectivity index (χ4n) is 0.802. The van der Waals surface area contributed by atoms with E-state index in [1.54, 1.807) is 0 Å². The van der Waals surface area contributed by atoms with Gasteiger partial charge in [0.15, 0.2) is 0 Å². The lowest BCUT2D eigenvalue weighted by Gasteiger charge is -2.17. The van der Waals surface area contributed by atoms with Crippen LogP contribution in [-0.4, -0.2) is 26.7 Å². The molecule has 11 heavy (non-hydrogen) atoms. The van der Waals surface area contributed by atoms with Crippen LogP contribution in [0.2, 0.25) is 0 Å². The first kappa shape index (κ1) is 10.9. The molecule has 0 unspecified atom stereocenters. The highest BCUT2D eigenvalue weighted by Gasteiger charge is 2.07. The van der Waals surface area contributed by atoms with Crippen LogP contribution in [0.5, 0.6) is 0 Å². The van der Waals surface area contributed by atoms with Crippen LogP contribution in [0.15, 0.2) is 0 Å². The summed E-state index contributed by atoms with van der Waals surface area (Å²) in [6.45, 7) is 10.1. The maximum absolute atomic E-state index is 3.38. The van der Waals surface area contributed by atoms with E-state index < -0.39 is 0 Å². The molecule has 0 fully saturated rings. The molecule has 2 N–H and O–H groups in total. The van der Waals surface area contributed by atoms with Crippen molar-refractivity contribution in [2.45, 2.75) is 27.2 Å². The molecular weight excluding hydrogens is 136 g/mol. The van der Waals surface area contributed by atoms with E-state index in [1.807, 2.05) is 7.05 Å². The second-order valence-electron chi connectivity index (χ2n) is 4.16. The maximum Gasteiger partial charge on any atom is 0.00766 e. The Balaban J connectivity index is 3.02. The summed E-state index contributed by atoms with van der Waals surface area (Å²) in [5, 5.41) is 6.48. The first-order valence-electron chi connectivity index (χ1n) is 4.41. The predicted molar refractivity (Wildman–Crippen MR) is 50.9 cm³/mol. The van der Waals surface area contributed by atoms with Gasteiger partial charge in [-0.3, -0.25) is 0 Å². The van der Waals surface area contributed by atoms with Crippen molar-refractivity contribution in [2.75, 3.05) is 26.7 Å². The van der Waals surface area contributed by atoms with Gasteiger partial charge in [0, 0.05) is 13.1 Å². The largest absolute Gasteiger partial charge is 0.318 e. The van der Waals surface area contributed by atoms with Crippen LogP contribution in [0, 0.1) is 5.41 Å². The van der Waals surface area contributed by atoms with Crippen LogP contribution >= 0.6 is 0 Å². The highest BCUT2D eigenvalue weighted by Crippen LogP contribution is 2.16. The average molecular weight is 158 g/mol. The zero-order valence-corrected chi connectivity index (χ0v) is 8.33. The second kappa shape index (κ2) is 5.56. The summed E-state index contributed by atoms with van der Waals surface area (Å²) in [7, 11) is 1.98. The predicted octanol–water partition coefficient (Wildman–Crippen LogP) is 1.23. The van der Waals surface area contributed by atoms with Gasteiger partial charge >= 0.3 is 0 Å². The molecule has 0 saturated carbocycles. The molecule has 0 amide bonds. The molecule has 0 aromatic heterocycles. The molecule has 2 nitrogen and oxygen atoms in total. The standard InChI is InChI=1S/C9H22N2/c1-9(2,3)5-6-11-8-7-10-4/h10-11H,5-8H2,1-4H3. The third kappa shape index (κ3) is 9.92. The summed E-state index contributed by atoms with van der Waals surface area (Å²) < 4.78 is 0. The molecule has 0 rings (SSSR count). The van der Waals surface area contributed by atoms with Gasteiger partial charge in [0.1, 0.15) is 0 Å². The number of hydrogen-bond donors (Lipinski definition) is 2. The van der Waals surface area contributed by atoms with Gasteiger partial charge in [0.05, 0.1) is 0 Å². The monoisotopic (exact) mass is 158 g/mol. The Kier molecular flexibility index (Phi) is 5.51. The summed E-state index contributed by atoms with van der Waals surface area (Å²) in [5.41, 5.74) is 0.465. The van der Waals surface area contributed by atoms with E-state index in [1.165, 1.54) is 6.42 Å². The van der Waals surface area contributed by atoms with Crippen molar-refractivity contribution in [3.63, 3.8) is 0 Å². The van der Waals surface area contributed by atoms with Crippen molar-refractivity contribution < 1.29 is 0 Å². The molecule has 0 aliphatic heterocycles. The van der Waals surface area contributed by atoms with Crippen LogP contribution in [0.3, 0.4) is 0 Å². The van der Waals surface area contributed by atoms with Crippen molar-refractivity contribution in [3.05, 3.63) is 0 Å². The van der Waals surface area contributed by atoms with Gasteiger partial charge < -0.3 is 10.6 Å². The zero-order chi connectivity index (χ0) is 8.74. The molecule has 0 saturated heterocycles. The molecular formula is C9H22N2. The Morgan fingerprint density at radius 3 is 2.09 bits per heavy atom. The van der Waals surface area contributed by atoms with Gasteiger partial charge in [-0.25, -0.2) is 0 Å². The molecule has 0 atom stereocenters. The third-order valence-corrected chi connectivity index (χ3v) is 1.60. The minimum atomic E-state index is 0.465. The van der Waals surface area contributed by atoms with Gasteiger partial charge in [0.25, 0.3) is 0 Å². The number of nitrogens with one attached hydrogen (secondary N) is 2. The first-order chi connectivity index (χ1) is 5.06. The summed E-state index contributed by atoms with van der Waals surface area (Å²) in [6.07, 6.45) is 1.25. The Labute approximate surface area is 70.8 Å². The molecule has 0 spiro atoms. The number of rotatable bonds is 5. The fourth-order valence-corrected chi connectivity index (χ4v) is 0.802. The van der Waals surface area contributed by atoms with E-state index in [4.69, 9.17) is 0 Å². The highest BCUT2D eigenvalue weighted by atomic mass is 14.9. The van der Waals surface area contributed by atoms with Crippen LogP contribution < -0.4 is 10.6 Å². The minimum Gasteiger partial charge on any atom is -0.318 e. The van der Waals surface area contributed by atoms with E-state index in [-0.39, 0.29) is 0 Å². The van der Waals surface area contributed by atoms with Gasteiger partial charge in [-0.05, 0) is 25.4 Å². The van der Waals surface area contributed by atoms with Crippen LogP contribution in [0.25, 0.3) is 0 Å². The minimum absolute atomic E-state index is 0.465. The van der Waals surface area contributed by atoms with Crippen molar-refractivity contribution in [1.29, 1.82) is 0 Å². The quantitative estimate of drug-likeness (QED) is 0.588. The third-order valence-electron chi connectivity index (χ3n) is 1.60. The normalized spacial score (nSPS) is 12.0. The SMILES string of the molecule is CNCCNCCC(C)(C)C. The summed E-state index contributed by atoms with van der Waals surface area (Å²) >= 11 is 0. The molecule has 0 aliphatic carbocycles. The average Bonchev–Trinajstić information content (AvgIpc) is 1.85. The van der Waals surface area contributed by atoms with Crippen molar-refractivity contribution in [1.82, 2.24) is 10.6 Å². The van der Waals surface area contributed by atoms with Crippen LogP contribution in [-0.2, 0) is 0 Å². The Morgan fingerprint density at radius 2 is 1.64 bits per heavy atom. The zero-order valence-electron chi connectivity index (χ0n) is 8.33. The topological polar surface area (TPSA) is 24.1 Å². The Bertz CT molecular complexity index is 84.1. The van der Waals surface area contributed by atoms with Crippen molar-refractivity contribution in [2.24, 2.45) is 5.41 Å². The van der Waals surface area contributed by atoms with Crippen LogP contribution in [0.4, 0.5) is 0 Å². The smallest absolute Gasteiger partial charge is 0.00766 e. The molecule has 0 heterocycles. The number of likely N-dealkylation sites (N-methyl/N-ethyl adjacent to an activating group) is 1. The van der Waals surface area contributed by atoms with Gasteiger partial charge in [0.2, 0.25) is 0 Å². The van der Waals surface area contributed by atoms with E-state index in [2.05, 4.69) is 31.4 Å². The summed E-state index contributed by atoms with van der Waals surface area (Å²) in [5.74, 6) is 0.